The minimum Gasteiger partial charge on any atom is -0.350 e. The van der Waals surface area contributed by atoms with E-state index in [1.807, 2.05) is 48.5 Å². The van der Waals surface area contributed by atoms with Crippen LogP contribution in [0.1, 0.15) is 36.0 Å². The lowest BCUT2D eigenvalue weighted by Gasteiger charge is -2.34. The Morgan fingerprint density at radius 2 is 2.00 bits per heavy atom. The smallest absolute Gasteiger partial charge is 0.318 e. The Labute approximate surface area is 188 Å². The largest absolute Gasteiger partial charge is 0.350 e. The maximum Gasteiger partial charge on any atom is 0.318 e. The van der Waals surface area contributed by atoms with Gasteiger partial charge in [-0.25, -0.2) is 4.79 Å². The van der Waals surface area contributed by atoms with Crippen LogP contribution in [0.25, 0.3) is 10.8 Å². The standard InChI is InChI=1S/C26H26N4O2/c1-2-19-11-12-21-8-5-9-22(23(21)15-19)18-29-26(32)30-14-4-3-10-24(30)25(31)28-17-20-7-6-13-27-16-20/h1,5-9,11-13,15-16,24H,3-4,10,14,17-18H2,(H,28,31)(H,29,32)/t24-/m0/s1. The molecule has 3 amide bonds. The fourth-order valence-corrected chi connectivity index (χ4v) is 4.11. The molecule has 0 aliphatic carbocycles. The van der Waals surface area contributed by atoms with Crippen LogP contribution in [0.4, 0.5) is 4.79 Å². The summed E-state index contributed by atoms with van der Waals surface area (Å²) < 4.78 is 0. The number of amides is 3. The lowest BCUT2D eigenvalue weighted by atomic mass is 10.0. The minimum atomic E-state index is -0.471. The van der Waals surface area contributed by atoms with Crippen LogP contribution in [-0.2, 0) is 17.9 Å². The van der Waals surface area contributed by atoms with E-state index in [9.17, 15) is 9.59 Å². The molecule has 3 aromatic rings. The van der Waals surface area contributed by atoms with E-state index in [0.29, 0.717) is 26.1 Å². The van der Waals surface area contributed by atoms with Gasteiger partial charge in [-0.05, 0) is 59.4 Å². The molecule has 0 spiro atoms. The third kappa shape index (κ3) is 4.89. The molecule has 1 aliphatic heterocycles. The van der Waals surface area contributed by atoms with Gasteiger partial charge in [-0.3, -0.25) is 9.78 Å². The highest BCUT2D eigenvalue weighted by Gasteiger charge is 2.31. The molecule has 32 heavy (non-hydrogen) atoms. The number of hydrogen-bond donors (Lipinski definition) is 2. The maximum absolute atomic E-state index is 13.0. The number of benzene rings is 2. The third-order valence-electron chi connectivity index (χ3n) is 5.83. The predicted octanol–water partition coefficient (Wildman–Crippen LogP) is 3.60. The van der Waals surface area contributed by atoms with Gasteiger partial charge in [0.25, 0.3) is 0 Å². The fourth-order valence-electron chi connectivity index (χ4n) is 4.11. The SMILES string of the molecule is C#Cc1ccc2cccc(CNC(=O)N3CCCC[C@H]3C(=O)NCc3cccnc3)c2c1. The van der Waals surface area contributed by atoms with Crippen LogP contribution < -0.4 is 10.6 Å². The molecular formula is C26H26N4O2. The summed E-state index contributed by atoms with van der Waals surface area (Å²) >= 11 is 0. The zero-order chi connectivity index (χ0) is 22.3. The second-order valence-electron chi connectivity index (χ2n) is 7.94. The quantitative estimate of drug-likeness (QED) is 0.612. The number of fused-ring (bicyclic) bond motifs is 1. The number of nitrogens with zero attached hydrogens (tertiary/aromatic N) is 2. The Balaban J connectivity index is 1.42. The van der Waals surface area contributed by atoms with E-state index in [1.165, 1.54) is 0 Å². The third-order valence-corrected chi connectivity index (χ3v) is 5.83. The number of nitrogens with one attached hydrogen (secondary N) is 2. The molecule has 1 aliphatic rings. The van der Waals surface area contributed by atoms with E-state index in [0.717, 1.165) is 40.3 Å². The van der Waals surface area contributed by atoms with Crippen molar-refractivity contribution >= 4 is 22.7 Å². The van der Waals surface area contributed by atoms with Crippen molar-refractivity contribution in [2.75, 3.05) is 6.54 Å². The normalized spacial score (nSPS) is 15.7. The first-order chi connectivity index (χ1) is 15.7. The molecule has 0 bridgehead atoms. The molecule has 2 heterocycles. The topological polar surface area (TPSA) is 74.3 Å². The van der Waals surface area contributed by atoms with Crippen LogP contribution in [0, 0.1) is 12.3 Å². The summed E-state index contributed by atoms with van der Waals surface area (Å²) in [5, 5.41) is 8.04. The van der Waals surface area contributed by atoms with Gasteiger partial charge in [-0.1, -0.05) is 36.3 Å². The number of urea groups is 1. The van der Waals surface area contributed by atoms with Gasteiger partial charge in [0.2, 0.25) is 5.91 Å². The van der Waals surface area contributed by atoms with Crippen molar-refractivity contribution in [3.05, 3.63) is 77.6 Å². The van der Waals surface area contributed by atoms with E-state index in [1.54, 1.807) is 17.3 Å². The van der Waals surface area contributed by atoms with Crippen LogP contribution in [-0.4, -0.2) is 34.4 Å². The van der Waals surface area contributed by atoms with E-state index in [-0.39, 0.29) is 11.9 Å². The Bertz CT molecular complexity index is 1150. The summed E-state index contributed by atoms with van der Waals surface area (Å²) in [6.45, 7) is 1.32. The van der Waals surface area contributed by atoms with Crippen molar-refractivity contribution < 1.29 is 9.59 Å². The van der Waals surface area contributed by atoms with E-state index < -0.39 is 6.04 Å². The molecule has 6 nitrogen and oxygen atoms in total. The number of carbonyl (C=O) groups excluding carboxylic acids is 2. The van der Waals surface area contributed by atoms with E-state index in [2.05, 4.69) is 21.5 Å². The van der Waals surface area contributed by atoms with Gasteiger partial charge in [0, 0.05) is 37.6 Å². The van der Waals surface area contributed by atoms with Gasteiger partial charge in [0.1, 0.15) is 6.04 Å². The second kappa shape index (κ2) is 9.97. The van der Waals surface area contributed by atoms with Crippen LogP contribution in [0.15, 0.2) is 60.9 Å². The van der Waals surface area contributed by atoms with Gasteiger partial charge in [-0.15, -0.1) is 6.42 Å². The molecule has 2 N–H and O–H groups in total. The summed E-state index contributed by atoms with van der Waals surface area (Å²) in [7, 11) is 0. The van der Waals surface area contributed by atoms with Gasteiger partial charge >= 0.3 is 6.03 Å². The molecule has 0 unspecified atom stereocenters. The summed E-state index contributed by atoms with van der Waals surface area (Å²) in [6.07, 6.45) is 11.4. The predicted molar refractivity (Wildman–Crippen MR) is 125 cm³/mol. The van der Waals surface area contributed by atoms with Gasteiger partial charge in [-0.2, -0.15) is 0 Å². The highest BCUT2D eigenvalue weighted by atomic mass is 16.2. The molecule has 4 rings (SSSR count). The van der Waals surface area contributed by atoms with Crippen molar-refractivity contribution in [2.24, 2.45) is 0 Å². The van der Waals surface area contributed by atoms with E-state index in [4.69, 9.17) is 6.42 Å². The number of carbonyl (C=O) groups is 2. The average Bonchev–Trinajstić information content (AvgIpc) is 2.86. The number of likely N-dealkylation sites (tertiary alicyclic amines) is 1. The summed E-state index contributed by atoms with van der Waals surface area (Å²) in [5.74, 6) is 2.53. The molecule has 1 atom stereocenters. The van der Waals surface area contributed by atoms with Crippen LogP contribution in [0.3, 0.4) is 0 Å². The van der Waals surface area contributed by atoms with Gasteiger partial charge in [0.15, 0.2) is 0 Å². The molecule has 1 fully saturated rings. The lowest BCUT2D eigenvalue weighted by Crippen LogP contribution is -2.54. The molecule has 1 aromatic heterocycles. The van der Waals surface area contributed by atoms with Crippen molar-refractivity contribution in [3.8, 4) is 12.3 Å². The number of aromatic nitrogens is 1. The summed E-state index contributed by atoms with van der Waals surface area (Å²) in [6, 6.07) is 14.9. The minimum absolute atomic E-state index is 0.132. The number of pyridine rings is 1. The van der Waals surface area contributed by atoms with Crippen molar-refractivity contribution in [1.82, 2.24) is 20.5 Å². The Morgan fingerprint density at radius 3 is 2.81 bits per heavy atom. The number of piperidine rings is 1. The molecule has 0 radical (unpaired) electrons. The first-order valence-electron chi connectivity index (χ1n) is 10.8. The Kier molecular flexibility index (Phi) is 6.66. The molecule has 6 heteroatoms. The van der Waals surface area contributed by atoms with Crippen LogP contribution in [0.2, 0.25) is 0 Å². The first kappa shape index (κ1) is 21.4. The zero-order valence-electron chi connectivity index (χ0n) is 17.9. The second-order valence-corrected chi connectivity index (χ2v) is 7.94. The average molecular weight is 427 g/mol. The Hall–Kier alpha value is -3.85. The molecule has 2 aromatic carbocycles. The highest BCUT2D eigenvalue weighted by Crippen LogP contribution is 2.21. The fraction of sp³-hybridized carbons (Fsp3) is 0.269. The molecule has 162 valence electrons. The van der Waals surface area contributed by atoms with Crippen LogP contribution >= 0.6 is 0 Å². The molecule has 0 saturated carbocycles. The summed E-state index contributed by atoms with van der Waals surface area (Å²) in [5.41, 5.74) is 2.72. The van der Waals surface area contributed by atoms with Gasteiger partial charge in [0.05, 0.1) is 0 Å². The number of terminal acetylenes is 1. The van der Waals surface area contributed by atoms with Crippen molar-refractivity contribution in [1.29, 1.82) is 0 Å². The van der Waals surface area contributed by atoms with Crippen molar-refractivity contribution in [3.63, 3.8) is 0 Å². The zero-order valence-corrected chi connectivity index (χ0v) is 17.9. The highest BCUT2D eigenvalue weighted by molar-refractivity contribution is 5.89. The molecular weight excluding hydrogens is 400 g/mol. The Morgan fingerprint density at radius 1 is 1.09 bits per heavy atom. The summed E-state index contributed by atoms with van der Waals surface area (Å²) in [4.78, 5) is 31.6. The lowest BCUT2D eigenvalue weighted by molar-refractivity contribution is -0.126. The van der Waals surface area contributed by atoms with E-state index >= 15 is 0 Å². The number of rotatable bonds is 5. The van der Waals surface area contributed by atoms with Crippen molar-refractivity contribution in [2.45, 2.75) is 38.4 Å². The monoisotopic (exact) mass is 426 g/mol. The van der Waals surface area contributed by atoms with Gasteiger partial charge < -0.3 is 15.5 Å². The first-order valence-corrected chi connectivity index (χ1v) is 10.8. The maximum atomic E-state index is 13.0. The van der Waals surface area contributed by atoms with Crippen LogP contribution in [0.5, 0.6) is 0 Å². The number of hydrogen-bond acceptors (Lipinski definition) is 3. The molecule has 1 saturated heterocycles.